The average molecular weight is 273 g/mol. The molecular weight excluding hydrogens is 250 g/mol. The number of rotatable bonds is 6. The van der Waals surface area contributed by atoms with E-state index < -0.39 is 0 Å². The van der Waals surface area contributed by atoms with E-state index in [9.17, 15) is 0 Å². The van der Waals surface area contributed by atoms with Crippen molar-refractivity contribution in [3.63, 3.8) is 0 Å². The summed E-state index contributed by atoms with van der Waals surface area (Å²) >= 11 is 1.77. The zero-order chi connectivity index (χ0) is 13.7. The van der Waals surface area contributed by atoms with Crippen molar-refractivity contribution >= 4 is 11.3 Å². The van der Waals surface area contributed by atoms with E-state index in [0.29, 0.717) is 6.04 Å². The van der Waals surface area contributed by atoms with Gasteiger partial charge in [0.15, 0.2) is 0 Å². The van der Waals surface area contributed by atoms with Crippen molar-refractivity contribution in [2.75, 3.05) is 6.54 Å². The van der Waals surface area contributed by atoms with Gasteiger partial charge < -0.3 is 5.32 Å². The Morgan fingerprint density at radius 1 is 1.00 bits per heavy atom. The summed E-state index contributed by atoms with van der Waals surface area (Å²) in [7, 11) is 0. The van der Waals surface area contributed by atoms with Crippen molar-refractivity contribution in [3.05, 3.63) is 57.3 Å². The fraction of sp³-hybridized carbons (Fsp3) is 0.412. The topological polar surface area (TPSA) is 12.0 Å². The predicted molar refractivity (Wildman–Crippen MR) is 85.0 cm³/mol. The van der Waals surface area contributed by atoms with Crippen molar-refractivity contribution in [1.82, 2.24) is 5.32 Å². The minimum absolute atomic E-state index is 0.326. The van der Waals surface area contributed by atoms with Gasteiger partial charge in [0.1, 0.15) is 0 Å². The van der Waals surface area contributed by atoms with Crippen molar-refractivity contribution < 1.29 is 0 Å². The van der Waals surface area contributed by atoms with Gasteiger partial charge >= 0.3 is 0 Å². The van der Waals surface area contributed by atoms with Gasteiger partial charge in [0.2, 0.25) is 0 Å². The molecule has 0 aliphatic carbocycles. The minimum Gasteiger partial charge on any atom is -0.307 e. The van der Waals surface area contributed by atoms with E-state index in [1.54, 1.807) is 11.3 Å². The van der Waals surface area contributed by atoms with Crippen LogP contribution in [0.4, 0.5) is 0 Å². The Bertz CT molecular complexity index is 502. The summed E-state index contributed by atoms with van der Waals surface area (Å²) in [5.41, 5.74) is 5.72. The molecule has 0 fully saturated rings. The monoisotopic (exact) mass is 273 g/mol. The first kappa shape index (κ1) is 14.3. The maximum atomic E-state index is 3.60. The molecule has 19 heavy (non-hydrogen) atoms. The number of nitrogens with one attached hydrogen (secondary N) is 1. The molecule has 0 bridgehead atoms. The molecule has 1 aromatic heterocycles. The second-order valence-corrected chi connectivity index (χ2v) is 5.56. The largest absolute Gasteiger partial charge is 0.307 e. The van der Waals surface area contributed by atoms with Gasteiger partial charge in [0.05, 0.1) is 6.04 Å². The molecule has 2 heteroatoms. The van der Waals surface area contributed by atoms with E-state index in [1.807, 2.05) is 0 Å². The molecule has 1 aromatic carbocycles. The number of thiophene rings is 1. The van der Waals surface area contributed by atoms with E-state index in [0.717, 1.165) is 19.4 Å². The summed E-state index contributed by atoms with van der Waals surface area (Å²) < 4.78 is 0. The lowest BCUT2D eigenvalue weighted by molar-refractivity contribution is 0.631. The third-order valence-corrected chi connectivity index (χ3v) is 4.31. The third-order valence-electron chi connectivity index (χ3n) is 3.61. The first-order valence-corrected chi connectivity index (χ1v) is 8.11. The maximum absolute atomic E-state index is 3.60. The maximum Gasteiger partial charge on any atom is 0.0584 e. The van der Waals surface area contributed by atoms with Gasteiger partial charge in [0.25, 0.3) is 0 Å². The molecule has 0 saturated carbocycles. The minimum atomic E-state index is 0.326. The van der Waals surface area contributed by atoms with Gasteiger partial charge in [-0.2, -0.15) is 11.3 Å². The fourth-order valence-corrected chi connectivity index (χ4v) is 3.26. The van der Waals surface area contributed by atoms with Crippen molar-refractivity contribution in [2.45, 2.75) is 39.7 Å². The van der Waals surface area contributed by atoms with Gasteiger partial charge in [-0.25, -0.2) is 0 Å². The van der Waals surface area contributed by atoms with Gasteiger partial charge in [-0.1, -0.05) is 39.0 Å². The molecular formula is C17H23NS. The SMILES string of the molecule is CCNC(c1ccsc1)c1ccc(CC)c(CC)c1. The van der Waals surface area contributed by atoms with Crippen LogP contribution in [0.2, 0.25) is 0 Å². The zero-order valence-corrected chi connectivity index (χ0v) is 12.9. The van der Waals surface area contributed by atoms with Crippen LogP contribution in [0.5, 0.6) is 0 Å². The van der Waals surface area contributed by atoms with Gasteiger partial charge in [0, 0.05) is 0 Å². The highest BCUT2D eigenvalue weighted by Gasteiger charge is 2.14. The quantitative estimate of drug-likeness (QED) is 0.813. The van der Waals surface area contributed by atoms with Crippen LogP contribution in [0.1, 0.15) is 49.1 Å². The molecule has 1 heterocycles. The van der Waals surface area contributed by atoms with Crippen molar-refractivity contribution in [1.29, 1.82) is 0 Å². The molecule has 1 N–H and O–H groups in total. The normalized spacial score (nSPS) is 12.6. The molecule has 0 aliphatic rings. The van der Waals surface area contributed by atoms with Crippen LogP contribution in [0.25, 0.3) is 0 Å². The number of benzene rings is 1. The molecule has 2 rings (SSSR count). The van der Waals surface area contributed by atoms with Crippen LogP contribution in [0, 0.1) is 0 Å². The molecule has 0 radical (unpaired) electrons. The lowest BCUT2D eigenvalue weighted by Gasteiger charge is -2.19. The van der Waals surface area contributed by atoms with Crippen molar-refractivity contribution in [2.24, 2.45) is 0 Å². The first-order valence-electron chi connectivity index (χ1n) is 7.17. The second kappa shape index (κ2) is 6.88. The predicted octanol–water partition coefficient (Wildman–Crippen LogP) is 4.57. The average Bonchev–Trinajstić information content (AvgIpc) is 2.98. The van der Waals surface area contributed by atoms with Crippen LogP contribution in [0.15, 0.2) is 35.0 Å². The molecule has 102 valence electrons. The highest BCUT2D eigenvalue weighted by Crippen LogP contribution is 2.26. The third kappa shape index (κ3) is 3.26. The summed E-state index contributed by atoms with van der Waals surface area (Å²) in [6, 6.07) is 9.50. The Hall–Kier alpha value is -1.12. The summed E-state index contributed by atoms with van der Waals surface area (Å²) in [4.78, 5) is 0. The Kier molecular flexibility index (Phi) is 5.17. The molecule has 1 atom stereocenters. The Balaban J connectivity index is 2.37. The van der Waals surface area contributed by atoms with Crippen LogP contribution in [0.3, 0.4) is 0 Å². The zero-order valence-electron chi connectivity index (χ0n) is 12.1. The van der Waals surface area contributed by atoms with Crippen LogP contribution >= 0.6 is 11.3 Å². The van der Waals surface area contributed by atoms with Gasteiger partial charge in [-0.05, 0) is 58.5 Å². The molecule has 1 unspecified atom stereocenters. The van der Waals surface area contributed by atoms with Crippen LogP contribution in [-0.4, -0.2) is 6.54 Å². The standard InChI is InChI=1S/C17H23NS/c1-4-13-7-8-15(11-14(13)5-2)17(18-6-3)16-9-10-19-12-16/h7-12,17-18H,4-6H2,1-3H3. The smallest absolute Gasteiger partial charge is 0.0584 e. The highest BCUT2D eigenvalue weighted by atomic mass is 32.1. The summed E-state index contributed by atoms with van der Waals surface area (Å²) in [6.07, 6.45) is 2.23. The second-order valence-electron chi connectivity index (χ2n) is 4.78. The summed E-state index contributed by atoms with van der Waals surface area (Å²) in [5, 5.41) is 7.99. The Labute approximate surface area is 120 Å². The Morgan fingerprint density at radius 2 is 1.79 bits per heavy atom. The molecule has 1 nitrogen and oxygen atoms in total. The molecule has 0 amide bonds. The lowest BCUT2D eigenvalue weighted by atomic mass is 9.94. The van der Waals surface area contributed by atoms with Gasteiger partial charge in [-0.15, -0.1) is 0 Å². The van der Waals surface area contributed by atoms with Gasteiger partial charge in [-0.3, -0.25) is 0 Å². The number of hydrogen-bond acceptors (Lipinski definition) is 2. The lowest BCUT2D eigenvalue weighted by Crippen LogP contribution is -2.21. The Morgan fingerprint density at radius 3 is 2.37 bits per heavy atom. The van der Waals surface area contributed by atoms with E-state index >= 15 is 0 Å². The molecule has 0 saturated heterocycles. The highest BCUT2D eigenvalue weighted by molar-refractivity contribution is 7.08. The van der Waals surface area contributed by atoms with Crippen molar-refractivity contribution in [3.8, 4) is 0 Å². The van der Waals surface area contributed by atoms with E-state index in [1.165, 1.54) is 22.3 Å². The van der Waals surface area contributed by atoms with E-state index in [4.69, 9.17) is 0 Å². The summed E-state index contributed by atoms with van der Waals surface area (Å²) in [5.74, 6) is 0. The summed E-state index contributed by atoms with van der Waals surface area (Å²) in [6.45, 7) is 7.62. The molecule has 2 aromatic rings. The fourth-order valence-electron chi connectivity index (χ4n) is 2.57. The van der Waals surface area contributed by atoms with E-state index in [-0.39, 0.29) is 0 Å². The van der Waals surface area contributed by atoms with Crippen LogP contribution < -0.4 is 5.32 Å². The van der Waals surface area contributed by atoms with Crippen LogP contribution in [-0.2, 0) is 12.8 Å². The van der Waals surface area contributed by atoms with E-state index in [2.05, 4.69) is 61.1 Å². The number of hydrogen-bond donors (Lipinski definition) is 1. The molecule has 0 spiro atoms. The first-order chi connectivity index (χ1) is 9.30. The number of aryl methyl sites for hydroxylation is 2. The molecule has 0 aliphatic heterocycles.